The number of ether oxygens (including phenoxy) is 3. The molecule has 1 unspecified atom stereocenters. The third kappa shape index (κ3) is 3.33. The third-order valence-electron chi connectivity index (χ3n) is 6.03. The van der Waals surface area contributed by atoms with Gasteiger partial charge in [0.15, 0.2) is 11.6 Å². The van der Waals surface area contributed by atoms with E-state index in [-0.39, 0.29) is 23.7 Å². The molecule has 3 aliphatic heterocycles. The average molecular weight is 412 g/mol. The standard InChI is InChI=1S/C21H24N4O5/c1-28-15-4-2-14(3-5-15)16-12-25-13-17(22-18(25)19(26)23-16)20(27)24-8-6-21(7-9-24)29-10-11-30-21/h2-5,13,16H,6-12H2,1H3,(H,23,26). The Morgan fingerprint density at radius 1 is 1.20 bits per heavy atom. The first-order chi connectivity index (χ1) is 14.6. The van der Waals surface area contributed by atoms with Crippen LogP contribution in [0.4, 0.5) is 0 Å². The van der Waals surface area contributed by atoms with E-state index in [1.54, 1.807) is 22.8 Å². The monoisotopic (exact) mass is 412 g/mol. The third-order valence-corrected chi connectivity index (χ3v) is 6.03. The Morgan fingerprint density at radius 3 is 2.57 bits per heavy atom. The Bertz CT molecular complexity index is 954. The minimum absolute atomic E-state index is 0.168. The number of imidazole rings is 1. The van der Waals surface area contributed by atoms with E-state index in [0.717, 1.165) is 11.3 Å². The van der Waals surface area contributed by atoms with Crippen LogP contribution in [0.1, 0.15) is 45.6 Å². The Hall–Kier alpha value is -2.91. The molecule has 1 atom stereocenters. The average Bonchev–Trinajstić information content (AvgIpc) is 3.41. The van der Waals surface area contributed by atoms with Crippen molar-refractivity contribution in [1.29, 1.82) is 0 Å². The van der Waals surface area contributed by atoms with Crippen LogP contribution in [0.3, 0.4) is 0 Å². The molecule has 1 aromatic carbocycles. The second kappa shape index (κ2) is 7.41. The van der Waals surface area contributed by atoms with Gasteiger partial charge in [-0.05, 0) is 17.7 Å². The zero-order valence-electron chi connectivity index (χ0n) is 16.8. The van der Waals surface area contributed by atoms with Gasteiger partial charge in [0, 0.05) is 38.7 Å². The molecule has 1 spiro atoms. The Morgan fingerprint density at radius 2 is 1.90 bits per heavy atom. The summed E-state index contributed by atoms with van der Waals surface area (Å²) in [6.07, 6.45) is 2.97. The van der Waals surface area contributed by atoms with E-state index < -0.39 is 5.79 Å². The summed E-state index contributed by atoms with van der Waals surface area (Å²) in [5.74, 6) is 0.0354. The Balaban J connectivity index is 1.30. The number of carbonyl (C=O) groups excluding carboxylic acids is 2. The number of nitrogens with zero attached hydrogens (tertiary/aromatic N) is 3. The molecule has 1 aromatic heterocycles. The van der Waals surface area contributed by atoms with E-state index in [1.807, 2.05) is 24.3 Å². The van der Waals surface area contributed by atoms with Gasteiger partial charge < -0.3 is 29.0 Å². The topological polar surface area (TPSA) is 94.9 Å². The molecule has 0 saturated carbocycles. The maximum atomic E-state index is 13.0. The predicted octanol–water partition coefficient (Wildman–Crippen LogP) is 1.36. The van der Waals surface area contributed by atoms with Gasteiger partial charge >= 0.3 is 0 Å². The number of likely N-dealkylation sites (tertiary alicyclic amines) is 1. The zero-order valence-corrected chi connectivity index (χ0v) is 16.8. The van der Waals surface area contributed by atoms with Gasteiger partial charge in [0.25, 0.3) is 11.8 Å². The molecule has 3 aliphatic rings. The van der Waals surface area contributed by atoms with Crippen LogP contribution in [0.5, 0.6) is 5.75 Å². The summed E-state index contributed by atoms with van der Waals surface area (Å²) in [5, 5.41) is 2.97. The summed E-state index contributed by atoms with van der Waals surface area (Å²) in [6.45, 7) is 2.81. The second-order valence-electron chi connectivity index (χ2n) is 7.80. The highest BCUT2D eigenvalue weighted by Gasteiger charge is 2.41. The molecule has 0 radical (unpaired) electrons. The molecule has 2 saturated heterocycles. The van der Waals surface area contributed by atoms with Gasteiger partial charge in [-0.25, -0.2) is 4.98 Å². The molecule has 9 nitrogen and oxygen atoms in total. The largest absolute Gasteiger partial charge is 0.497 e. The first-order valence-corrected chi connectivity index (χ1v) is 10.2. The normalized spacial score (nSPS) is 22.6. The first-order valence-electron chi connectivity index (χ1n) is 10.2. The number of aromatic nitrogens is 2. The Kier molecular flexibility index (Phi) is 4.71. The summed E-state index contributed by atoms with van der Waals surface area (Å²) >= 11 is 0. The number of hydrogen-bond acceptors (Lipinski definition) is 6. The van der Waals surface area contributed by atoms with Gasteiger partial charge in [-0.15, -0.1) is 0 Å². The molecule has 158 valence electrons. The number of benzene rings is 1. The number of methoxy groups -OCH3 is 1. The number of fused-ring (bicyclic) bond motifs is 1. The van der Waals surface area contributed by atoms with Crippen molar-refractivity contribution in [3.8, 4) is 5.75 Å². The van der Waals surface area contributed by atoms with Crippen LogP contribution in [0, 0.1) is 0 Å². The highest BCUT2D eigenvalue weighted by Crippen LogP contribution is 2.32. The SMILES string of the molecule is COc1ccc(C2Cn3cc(C(=O)N4CCC5(CC4)OCCO5)nc3C(=O)N2)cc1. The number of nitrogens with one attached hydrogen (secondary N) is 1. The van der Waals surface area contributed by atoms with Crippen LogP contribution in [0.25, 0.3) is 0 Å². The van der Waals surface area contributed by atoms with Crippen molar-refractivity contribution in [3.05, 3.63) is 47.5 Å². The molecular weight excluding hydrogens is 388 g/mol. The van der Waals surface area contributed by atoms with Crippen molar-refractivity contribution in [3.63, 3.8) is 0 Å². The summed E-state index contributed by atoms with van der Waals surface area (Å²) in [4.78, 5) is 31.7. The van der Waals surface area contributed by atoms with Gasteiger partial charge in [-0.3, -0.25) is 9.59 Å². The van der Waals surface area contributed by atoms with Crippen LogP contribution in [0.2, 0.25) is 0 Å². The van der Waals surface area contributed by atoms with Crippen LogP contribution in [-0.4, -0.2) is 65.5 Å². The fraction of sp³-hybridized carbons (Fsp3) is 0.476. The lowest BCUT2D eigenvalue weighted by Gasteiger charge is -2.37. The van der Waals surface area contributed by atoms with E-state index in [9.17, 15) is 9.59 Å². The van der Waals surface area contributed by atoms with Crippen molar-refractivity contribution in [1.82, 2.24) is 19.8 Å². The maximum absolute atomic E-state index is 13.0. The first kappa shape index (κ1) is 19.1. The smallest absolute Gasteiger partial charge is 0.287 e. The summed E-state index contributed by atoms with van der Waals surface area (Å²) in [5.41, 5.74) is 1.26. The molecule has 9 heteroatoms. The molecule has 0 bridgehead atoms. The molecule has 2 amide bonds. The lowest BCUT2D eigenvalue weighted by molar-refractivity contribution is -0.181. The van der Waals surface area contributed by atoms with Crippen molar-refractivity contribution in [2.75, 3.05) is 33.4 Å². The van der Waals surface area contributed by atoms with Crippen molar-refractivity contribution >= 4 is 11.8 Å². The van der Waals surface area contributed by atoms with Crippen LogP contribution >= 0.6 is 0 Å². The van der Waals surface area contributed by atoms with E-state index >= 15 is 0 Å². The molecular formula is C21H24N4O5. The van der Waals surface area contributed by atoms with Crippen LogP contribution in [-0.2, 0) is 16.0 Å². The van der Waals surface area contributed by atoms with E-state index in [2.05, 4.69) is 10.3 Å². The lowest BCUT2D eigenvalue weighted by Crippen LogP contribution is -2.47. The quantitative estimate of drug-likeness (QED) is 0.818. The van der Waals surface area contributed by atoms with Gasteiger partial charge in [0.05, 0.1) is 26.4 Å². The number of piperidine rings is 1. The van der Waals surface area contributed by atoms with E-state index in [0.29, 0.717) is 51.4 Å². The number of amides is 2. The highest BCUT2D eigenvalue weighted by atomic mass is 16.7. The fourth-order valence-electron chi connectivity index (χ4n) is 4.33. The number of hydrogen-bond donors (Lipinski definition) is 1. The molecule has 1 N–H and O–H groups in total. The van der Waals surface area contributed by atoms with E-state index in [4.69, 9.17) is 14.2 Å². The van der Waals surface area contributed by atoms with Crippen LogP contribution < -0.4 is 10.1 Å². The van der Waals surface area contributed by atoms with Crippen molar-refractivity contribution in [2.24, 2.45) is 0 Å². The van der Waals surface area contributed by atoms with Crippen molar-refractivity contribution < 1.29 is 23.8 Å². The van der Waals surface area contributed by atoms with Gasteiger partial charge in [-0.2, -0.15) is 0 Å². The molecule has 5 rings (SSSR count). The Labute approximate surface area is 173 Å². The fourth-order valence-corrected chi connectivity index (χ4v) is 4.33. The summed E-state index contributed by atoms with van der Waals surface area (Å²) in [6, 6.07) is 7.38. The zero-order chi connectivity index (χ0) is 20.7. The molecule has 2 fully saturated rings. The lowest BCUT2D eigenvalue weighted by atomic mass is 10.0. The van der Waals surface area contributed by atoms with Gasteiger partial charge in [-0.1, -0.05) is 12.1 Å². The van der Waals surface area contributed by atoms with E-state index in [1.165, 1.54) is 0 Å². The van der Waals surface area contributed by atoms with Crippen molar-refractivity contribution in [2.45, 2.75) is 31.2 Å². The molecule has 30 heavy (non-hydrogen) atoms. The minimum Gasteiger partial charge on any atom is -0.497 e. The summed E-state index contributed by atoms with van der Waals surface area (Å²) < 4.78 is 18.4. The van der Waals surface area contributed by atoms with Crippen LogP contribution in [0.15, 0.2) is 30.5 Å². The molecule has 2 aromatic rings. The minimum atomic E-state index is -0.532. The number of carbonyl (C=O) groups is 2. The number of rotatable bonds is 3. The van der Waals surface area contributed by atoms with Gasteiger partial charge in [0.1, 0.15) is 11.4 Å². The van der Waals surface area contributed by atoms with Gasteiger partial charge in [0.2, 0.25) is 0 Å². The maximum Gasteiger partial charge on any atom is 0.287 e. The second-order valence-corrected chi connectivity index (χ2v) is 7.80. The highest BCUT2D eigenvalue weighted by molar-refractivity contribution is 5.96. The molecule has 4 heterocycles. The molecule has 0 aliphatic carbocycles. The summed E-state index contributed by atoms with van der Waals surface area (Å²) in [7, 11) is 1.61. The predicted molar refractivity (Wildman–Crippen MR) is 105 cm³/mol.